The second kappa shape index (κ2) is 13.1. The maximum atomic E-state index is 11.7. The standard InChI is InChI=1S/C20H40N2O4/c1-19(2,3)15-21-16-25-14-10-8-7-9-13-22-17(23)11-12-18(24)26-20(4,5)6/h21H,7-16H2,1-6H3,(H,22,23). The van der Waals surface area contributed by atoms with Crippen LogP contribution in [0, 0.1) is 5.41 Å². The Balaban J connectivity index is 3.39. The van der Waals surface area contributed by atoms with Gasteiger partial charge in [-0.05, 0) is 39.0 Å². The topological polar surface area (TPSA) is 76.7 Å². The van der Waals surface area contributed by atoms with Gasteiger partial charge in [0.25, 0.3) is 0 Å². The van der Waals surface area contributed by atoms with Crippen LogP contribution in [0.25, 0.3) is 0 Å². The van der Waals surface area contributed by atoms with Crippen molar-refractivity contribution >= 4 is 11.9 Å². The quantitative estimate of drug-likeness (QED) is 0.294. The number of unbranched alkanes of at least 4 members (excludes halogenated alkanes) is 3. The third-order valence-corrected chi connectivity index (χ3v) is 3.37. The second-order valence-corrected chi connectivity index (χ2v) is 8.89. The molecule has 0 aromatic heterocycles. The molecular formula is C20H40N2O4. The maximum absolute atomic E-state index is 11.7. The molecule has 0 unspecified atom stereocenters. The first kappa shape index (κ1) is 24.9. The van der Waals surface area contributed by atoms with Crippen LogP contribution >= 0.6 is 0 Å². The van der Waals surface area contributed by atoms with Crippen LogP contribution in [0.5, 0.6) is 0 Å². The smallest absolute Gasteiger partial charge is 0.306 e. The highest BCUT2D eigenvalue weighted by molar-refractivity contribution is 5.81. The first-order valence-corrected chi connectivity index (χ1v) is 9.77. The van der Waals surface area contributed by atoms with Gasteiger partial charge in [-0.3, -0.25) is 14.9 Å². The average Bonchev–Trinajstić information content (AvgIpc) is 2.47. The minimum absolute atomic E-state index is 0.0934. The van der Waals surface area contributed by atoms with Gasteiger partial charge in [-0.25, -0.2) is 0 Å². The minimum atomic E-state index is -0.500. The van der Waals surface area contributed by atoms with Gasteiger partial charge < -0.3 is 14.8 Å². The molecule has 0 atom stereocenters. The minimum Gasteiger partial charge on any atom is -0.460 e. The molecule has 6 heteroatoms. The Bertz CT molecular complexity index is 398. The van der Waals surface area contributed by atoms with Crippen LogP contribution in [0.2, 0.25) is 0 Å². The summed E-state index contributed by atoms with van der Waals surface area (Å²) < 4.78 is 10.7. The van der Waals surface area contributed by atoms with Gasteiger partial charge in [-0.2, -0.15) is 0 Å². The van der Waals surface area contributed by atoms with E-state index in [1.807, 2.05) is 20.8 Å². The summed E-state index contributed by atoms with van der Waals surface area (Å²) in [5.41, 5.74) is -0.222. The number of carbonyl (C=O) groups is 2. The maximum Gasteiger partial charge on any atom is 0.306 e. The van der Waals surface area contributed by atoms with Gasteiger partial charge in [-0.15, -0.1) is 0 Å². The molecule has 154 valence electrons. The van der Waals surface area contributed by atoms with Crippen molar-refractivity contribution in [1.82, 2.24) is 10.6 Å². The Hall–Kier alpha value is -1.14. The van der Waals surface area contributed by atoms with Gasteiger partial charge in [0.15, 0.2) is 0 Å². The fraction of sp³-hybridized carbons (Fsp3) is 0.900. The number of ether oxygens (including phenoxy) is 2. The summed E-state index contributed by atoms with van der Waals surface area (Å²) in [7, 11) is 0. The van der Waals surface area contributed by atoms with Gasteiger partial charge in [-0.1, -0.05) is 33.6 Å². The van der Waals surface area contributed by atoms with Crippen LogP contribution in [0.3, 0.4) is 0 Å². The number of hydrogen-bond donors (Lipinski definition) is 2. The molecule has 0 aliphatic carbocycles. The van der Waals surface area contributed by atoms with Gasteiger partial charge in [0.1, 0.15) is 5.60 Å². The van der Waals surface area contributed by atoms with E-state index in [1.54, 1.807) is 0 Å². The fourth-order valence-electron chi connectivity index (χ4n) is 2.18. The molecule has 0 rings (SSSR count). The Morgan fingerprint density at radius 3 is 2.15 bits per heavy atom. The molecule has 0 spiro atoms. The zero-order valence-corrected chi connectivity index (χ0v) is 17.7. The highest BCUT2D eigenvalue weighted by atomic mass is 16.6. The predicted octanol–water partition coefficient (Wildman–Crippen LogP) is 3.39. The van der Waals surface area contributed by atoms with E-state index in [4.69, 9.17) is 9.47 Å². The largest absolute Gasteiger partial charge is 0.460 e. The van der Waals surface area contributed by atoms with E-state index < -0.39 is 5.60 Å². The van der Waals surface area contributed by atoms with Crippen LogP contribution in [-0.4, -0.2) is 43.9 Å². The van der Waals surface area contributed by atoms with E-state index in [1.165, 1.54) is 0 Å². The first-order valence-electron chi connectivity index (χ1n) is 9.77. The summed E-state index contributed by atoms with van der Waals surface area (Å²) in [5, 5.41) is 6.12. The summed E-state index contributed by atoms with van der Waals surface area (Å²) in [4.78, 5) is 23.2. The van der Waals surface area contributed by atoms with Gasteiger partial charge in [0.2, 0.25) is 5.91 Å². The molecular weight excluding hydrogens is 332 g/mol. The van der Waals surface area contributed by atoms with Crippen molar-refractivity contribution in [3.63, 3.8) is 0 Å². The normalized spacial score (nSPS) is 12.1. The lowest BCUT2D eigenvalue weighted by atomic mass is 9.97. The van der Waals surface area contributed by atoms with Crippen molar-refractivity contribution in [1.29, 1.82) is 0 Å². The number of amides is 1. The molecule has 0 aromatic rings. The molecule has 0 aromatic carbocycles. The van der Waals surface area contributed by atoms with E-state index in [-0.39, 0.29) is 30.1 Å². The van der Waals surface area contributed by atoms with E-state index in [0.29, 0.717) is 13.3 Å². The molecule has 0 saturated heterocycles. The molecule has 26 heavy (non-hydrogen) atoms. The lowest BCUT2D eigenvalue weighted by Gasteiger charge is -2.19. The number of hydrogen-bond acceptors (Lipinski definition) is 5. The third kappa shape index (κ3) is 19.2. The van der Waals surface area contributed by atoms with Crippen molar-refractivity contribution in [2.24, 2.45) is 5.41 Å². The Morgan fingerprint density at radius 1 is 0.885 bits per heavy atom. The molecule has 0 aliphatic heterocycles. The highest BCUT2D eigenvalue weighted by Gasteiger charge is 2.16. The van der Waals surface area contributed by atoms with Crippen molar-refractivity contribution < 1.29 is 19.1 Å². The molecule has 0 bridgehead atoms. The average molecular weight is 373 g/mol. The van der Waals surface area contributed by atoms with Crippen molar-refractivity contribution in [3.05, 3.63) is 0 Å². The summed E-state index contributed by atoms with van der Waals surface area (Å²) in [6, 6.07) is 0. The molecule has 6 nitrogen and oxygen atoms in total. The summed E-state index contributed by atoms with van der Waals surface area (Å²) in [6.07, 6.45) is 4.44. The van der Waals surface area contributed by atoms with Gasteiger partial charge in [0, 0.05) is 26.1 Å². The fourth-order valence-corrected chi connectivity index (χ4v) is 2.18. The Kier molecular flexibility index (Phi) is 12.5. The number of esters is 1. The van der Waals surface area contributed by atoms with E-state index in [2.05, 4.69) is 31.4 Å². The molecule has 1 amide bonds. The van der Waals surface area contributed by atoms with Gasteiger partial charge >= 0.3 is 5.97 Å². The lowest BCUT2D eigenvalue weighted by molar-refractivity contribution is -0.155. The third-order valence-electron chi connectivity index (χ3n) is 3.37. The SMILES string of the molecule is CC(C)(C)CNCOCCCCCCNC(=O)CCC(=O)OC(C)(C)C. The molecule has 0 heterocycles. The molecule has 0 saturated carbocycles. The number of nitrogens with one attached hydrogen (secondary N) is 2. The van der Waals surface area contributed by atoms with Crippen LogP contribution in [0.15, 0.2) is 0 Å². The summed E-state index contributed by atoms with van der Waals surface area (Å²) in [6.45, 7) is 15.0. The van der Waals surface area contributed by atoms with Crippen molar-refractivity contribution in [2.45, 2.75) is 85.7 Å². The second-order valence-electron chi connectivity index (χ2n) is 8.89. The number of rotatable bonds is 13. The first-order chi connectivity index (χ1) is 12.0. The molecule has 0 fully saturated rings. The summed E-state index contributed by atoms with van der Waals surface area (Å²) in [5.74, 6) is -0.422. The van der Waals surface area contributed by atoms with E-state index >= 15 is 0 Å². The predicted molar refractivity (Wildman–Crippen MR) is 105 cm³/mol. The number of carbonyl (C=O) groups excluding carboxylic acids is 2. The monoisotopic (exact) mass is 372 g/mol. The lowest BCUT2D eigenvalue weighted by Crippen LogP contribution is -2.28. The van der Waals surface area contributed by atoms with Crippen molar-refractivity contribution in [2.75, 3.05) is 26.4 Å². The van der Waals surface area contributed by atoms with Crippen LogP contribution in [0.1, 0.15) is 80.1 Å². The molecule has 2 N–H and O–H groups in total. The Labute approximate surface area is 159 Å². The zero-order valence-electron chi connectivity index (χ0n) is 17.7. The highest BCUT2D eigenvalue weighted by Crippen LogP contribution is 2.10. The Morgan fingerprint density at radius 2 is 1.54 bits per heavy atom. The van der Waals surface area contributed by atoms with Crippen LogP contribution in [-0.2, 0) is 19.1 Å². The zero-order chi connectivity index (χ0) is 20.1. The van der Waals surface area contributed by atoms with Gasteiger partial charge in [0.05, 0.1) is 13.2 Å². The molecule has 0 radical (unpaired) electrons. The van der Waals surface area contributed by atoms with Crippen molar-refractivity contribution in [3.8, 4) is 0 Å². The van der Waals surface area contributed by atoms with Crippen LogP contribution < -0.4 is 10.6 Å². The van der Waals surface area contributed by atoms with E-state index in [9.17, 15) is 9.59 Å². The molecule has 0 aliphatic rings. The van der Waals surface area contributed by atoms with E-state index in [0.717, 1.165) is 38.8 Å². The summed E-state index contributed by atoms with van der Waals surface area (Å²) >= 11 is 0. The van der Waals surface area contributed by atoms with Crippen LogP contribution in [0.4, 0.5) is 0 Å².